The molecule has 0 unspecified atom stereocenters. The quantitative estimate of drug-likeness (QED) is 0.443. The second-order valence-electron chi connectivity index (χ2n) is 7.37. The summed E-state index contributed by atoms with van der Waals surface area (Å²) in [4.78, 5) is 14.8. The molecule has 0 radical (unpaired) electrons. The van der Waals surface area contributed by atoms with Crippen molar-refractivity contribution in [2.24, 2.45) is 5.92 Å². The van der Waals surface area contributed by atoms with E-state index in [2.05, 4.69) is 9.55 Å². The molecule has 30 heavy (non-hydrogen) atoms. The van der Waals surface area contributed by atoms with Gasteiger partial charge in [0.1, 0.15) is 5.82 Å². The van der Waals surface area contributed by atoms with Gasteiger partial charge in [-0.1, -0.05) is 30.3 Å². The molecule has 0 aliphatic carbocycles. The number of non-ortho nitro benzene ring substituents is 1. The molecular formula is C21H22N4O4S. The normalized spacial score (nSPS) is 15.9. The predicted octanol–water partition coefficient (Wildman–Crippen LogP) is 3.56. The number of nitro groups is 1. The number of aromatic nitrogens is 2. The summed E-state index contributed by atoms with van der Waals surface area (Å²) < 4.78 is 29.3. The van der Waals surface area contributed by atoms with Crippen LogP contribution < -0.4 is 0 Å². The minimum atomic E-state index is -3.65. The maximum absolute atomic E-state index is 12.9. The van der Waals surface area contributed by atoms with Crippen LogP contribution in [0.15, 0.2) is 71.9 Å². The third-order valence-electron chi connectivity index (χ3n) is 5.46. The van der Waals surface area contributed by atoms with Crippen molar-refractivity contribution >= 4 is 15.7 Å². The van der Waals surface area contributed by atoms with Gasteiger partial charge in [0.05, 0.1) is 9.82 Å². The van der Waals surface area contributed by atoms with E-state index in [0.29, 0.717) is 19.0 Å². The lowest BCUT2D eigenvalue weighted by molar-refractivity contribution is -0.384. The largest absolute Gasteiger partial charge is 0.331 e. The zero-order valence-electron chi connectivity index (χ0n) is 16.3. The van der Waals surface area contributed by atoms with Gasteiger partial charge in [-0.25, -0.2) is 13.4 Å². The minimum absolute atomic E-state index is 0.0903. The number of imidazole rings is 1. The van der Waals surface area contributed by atoms with Crippen molar-refractivity contribution in [2.45, 2.75) is 24.3 Å². The number of sulfonamides is 1. The van der Waals surface area contributed by atoms with Crippen LogP contribution in [0.3, 0.4) is 0 Å². The number of benzene rings is 2. The van der Waals surface area contributed by atoms with Crippen molar-refractivity contribution < 1.29 is 13.3 Å². The Kier molecular flexibility index (Phi) is 5.65. The maximum atomic E-state index is 12.9. The summed E-state index contributed by atoms with van der Waals surface area (Å²) in [5.41, 5.74) is 0.933. The first-order chi connectivity index (χ1) is 14.4. The zero-order chi connectivity index (χ0) is 21.1. The van der Waals surface area contributed by atoms with Crippen LogP contribution in [0.2, 0.25) is 0 Å². The molecule has 0 N–H and O–H groups in total. The Balaban J connectivity index is 1.41. The van der Waals surface area contributed by atoms with Gasteiger partial charge in [-0.05, 0) is 30.9 Å². The van der Waals surface area contributed by atoms with Gasteiger partial charge in [-0.2, -0.15) is 4.31 Å². The van der Waals surface area contributed by atoms with Gasteiger partial charge < -0.3 is 4.57 Å². The van der Waals surface area contributed by atoms with Crippen LogP contribution >= 0.6 is 0 Å². The lowest BCUT2D eigenvalue weighted by Crippen LogP contribution is -2.39. The van der Waals surface area contributed by atoms with Gasteiger partial charge in [-0.3, -0.25) is 10.1 Å². The van der Waals surface area contributed by atoms with Crippen molar-refractivity contribution in [1.82, 2.24) is 13.9 Å². The van der Waals surface area contributed by atoms with Crippen LogP contribution in [0.25, 0.3) is 11.4 Å². The van der Waals surface area contributed by atoms with Crippen LogP contribution in [0.4, 0.5) is 5.69 Å². The van der Waals surface area contributed by atoms with Gasteiger partial charge >= 0.3 is 0 Å². The van der Waals surface area contributed by atoms with E-state index < -0.39 is 14.9 Å². The maximum Gasteiger partial charge on any atom is 0.269 e. The Bertz CT molecular complexity index is 1120. The molecule has 1 aliphatic heterocycles. The van der Waals surface area contributed by atoms with E-state index in [4.69, 9.17) is 0 Å². The van der Waals surface area contributed by atoms with E-state index in [1.807, 2.05) is 36.5 Å². The standard InChI is InChI=1S/C21H22N4O4S/c26-25(27)19-6-8-20(9-7-19)30(28,29)24-13-10-17(11-14-24)16-23-15-12-22-21(23)18-4-2-1-3-5-18/h1-9,12,15,17H,10-11,13-14,16H2. The number of rotatable bonds is 6. The Morgan fingerprint density at radius 3 is 2.33 bits per heavy atom. The van der Waals surface area contributed by atoms with E-state index >= 15 is 0 Å². The van der Waals surface area contributed by atoms with Crippen molar-refractivity contribution in [3.05, 3.63) is 77.1 Å². The van der Waals surface area contributed by atoms with Crippen LogP contribution in [-0.4, -0.2) is 40.3 Å². The van der Waals surface area contributed by atoms with Crippen molar-refractivity contribution in [3.63, 3.8) is 0 Å². The Morgan fingerprint density at radius 2 is 1.70 bits per heavy atom. The fraction of sp³-hybridized carbons (Fsp3) is 0.286. The highest BCUT2D eigenvalue weighted by molar-refractivity contribution is 7.89. The van der Waals surface area contributed by atoms with E-state index in [1.54, 1.807) is 6.20 Å². The Morgan fingerprint density at radius 1 is 1.03 bits per heavy atom. The van der Waals surface area contributed by atoms with Crippen LogP contribution in [0.5, 0.6) is 0 Å². The second-order valence-corrected chi connectivity index (χ2v) is 9.31. The van der Waals surface area contributed by atoms with Crippen LogP contribution in [-0.2, 0) is 16.6 Å². The van der Waals surface area contributed by atoms with E-state index in [9.17, 15) is 18.5 Å². The van der Waals surface area contributed by atoms with Gasteiger partial charge in [0, 0.05) is 49.7 Å². The van der Waals surface area contributed by atoms with Crippen molar-refractivity contribution in [3.8, 4) is 11.4 Å². The van der Waals surface area contributed by atoms with E-state index in [1.165, 1.54) is 28.6 Å². The summed E-state index contributed by atoms with van der Waals surface area (Å²) in [5.74, 6) is 1.27. The first-order valence-electron chi connectivity index (χ1n) is 9.76. The topological polar surface area (TPSA) is 98.3 Å². The summed E-state index contributed by atoms with van der Waals surface area (Å²) in [7, 11) is -3.65. The summed E-state index contributed by atoms with van der Waals surface area (Å²) in [6.07, 6.45) is 5.25. The molecule has 8 nitrogen and oxygen atoms in total. The molecule has 0 spiro atoms. The second kappa shape index (κ2) is 8.37. The summed E-state index contributed by atoms with van der Waals surface area (Å²) >= 11 is 0. The van der Waals surface area contributed by atoms with Gasteiger partial charge in [-0.15, -0.1) is 0 Å². The monoisotopic (exact) mass is 426 g/mol. The molecule has 1 aromatic heterocycles. The molecule has 2 heterocycles. The van der Waals surface area contributed by atoms with E-state index in [0.717, 1.165) is 30.8 Å². The first-order valence-corrected chi connectivity index (χ1v) is 11.2. The molecule has 1 aliphatic rings. The molecule has 0 atom stereocenters. The molecule has 3 aromatic rings. The lowest BCUT2D eigenvalue weighted by Gasteiger charge is -2.31. The lowest BCUT2D eigenvalue weighted by atomic mass is 9.98. The van der Waals surface area contributed by atoms with Crippen molar-refractivity contribution in [1.29, 1.82) is 0 Å². The fourth-order valence-electron chi connectivity index (χ4n) is 3.80. The average molecular weight is 426 g/mol. The van der Waals surface area contributed by atoms with E-state index in [-0.39, 0.29) is 10.6 Å². The third kappa shape index (κ3) is 4.12. The first kappa shape index (κ1) is 20.2. The Hall–Kier alpha value is -3.04. The number of nitrogens with zero attached hydrogens (tertiary/aromatic N) is 4. The molecule has 2 aromatic carbocycles. The Labute approximate surface area is 175 Å². The molecule has 1 saturated heterocycles. The highest BCUT2D eigenvalue weighted by Crippen LogP contribution is 2.27. The highest BCUT2D eigenvalue weighted by atomic mass is 32.2. The number of nitro benzene ring substituents is 1. The minimum Gasteiger partial charge on any atom is -0.331 e. The molecule has 0 amide bonds. The molecular weight excluding hydrogens is 404 g/mol. The third-order valence-corrected chi connectivity index (χ3v) is 7.37. The SMILES string of the molecule is O=[N+]([O-])c1ccc(S(=O)(=O)N2CCC(Cn3ccnc3-c3ccccc3)CC2)cc1. The molecule has 156 valence electrons. The van der Waals surface area contributed by atoms with Gasteiger partial charge in [0.25, 0.3) is 5.69 Å². The summed E-state index contributed by atoms with van der Waals surface area (Å²) in [5, 5.41) is 10.8. The summed E-state index contributed by atoms with van der Waals surface area (Å²) in [6, 6.07) is 15.0. The summed E-state index contributed by atoms with van der Waals surface area (Å²) in [6.45, 7) is 1.65. The number of piperidine rings is 1. The van der Waals surface area contributed by atoms with Crippen LogP contribution in [0.1, 0.15) is 12.8 Å². The molecule has 0 bridgehead atoms. The van der Waals surface area contributed by atoms with Crippen molar-refractivity contribution in [2.75, 3.05) is 13.1 Å². The van der Waals surface area contributed by atoms with Gasteiger partial charge in [0.2, 0.25) is 10.0 Å². The molecule has 1 fully saturated rings. The molecule has 9 heteroatoms. The number of hydrogen-bond donors (Lipinski definition) is 0. The smallest absolute Gasteiger partial charge is 0.269 e. The van der Waals surface area contributed by atoms with Crippen LogP contribution in [0, 0.1) is 16.0 Å². The fourth-order valence-corrected chi connectivity index (χ4v) is 5.27. The molecule has 0 saturated carbocycles. The molecule has 4 rings (SSSR count). The highest BCUT2D eigenvalue weighted by Gasteiger charge is 2.30. The zero-order valence-corrected chi connectivity index (χ0v) is 17.1. The predicted molar refractivity (Wildman–Crippen MR) is 112 cm³/mol. The number of hydrogen-bond acceptors (Lipinski definition) is 5. The average Bonchev–Trinajstić information content (AvgIpc) is 3.23. The van der Waals surface area contributed by atoms with Gasteiger partial charge in [0.15, 0.2) is 0 Å².